The summed E-state index contributed by atoms with van der Waals surface area (Å²) in [4.78, 5) is 22.2. The second-order valence-corrected chi connectivity index (χ2v) is 11.7. The number of fused-ring (bicyclic) bond motifs is 3. The van der Waals surface area contributed by atoms with Gasteiger partial charge in [-0.1, -0.05) is 18.2 Å². The number of halogens is 3. The fourth-order valence-corrected chi connectivity index (χ4v) is 6.38. The van der Waals surface area contributed by atoms with Crippen LogP contribution < -0.4 is 9.47 Å². The van der Waals surface area contributed by atoms with Crippen molar-refractivity contribution < 1.29 is 37.0 Å². The molecular formula is C35H29F3N2O5. The molecule has 1 fully saturated rings. The minimum absolute atomic E-state index is 0.0397. The topological polar surface area (TPSA) is 97.6 Å². The maximum absolute atomic E-state index is 14.2. The van der Waals surface area contributed by atoms with E-state index in [1.165, 1.54) is 18.2 Å². The minimum atomic E-state index is -4.82. The molecule has 3 heterocycles. The fraction of sp³-hybridized carbons (Fsp3) is 0.257. The molecule has 6 aromatic rings. The Kier molecular flexibility index (Phi) is 7.04. The van der Waals surface area contributed by atoms with E-state index in [2.05, 4.69) is 15.8 Å². The number of aliphatic hydroxyl groups excluding tert-OH is 1. The summed E-state index contributed by atoms with van der Waals surface area (Å²) in [6.45, 7) is -0.0397. The van der Waals surface area contributed by atoms with Crippen LogP contribution in [0.4, 0.5) is 13.2 Å². The quantitative estimate of drug-likeness (QED) is 0.151. The first-order valence-electron chi connectivity index (χ1n) is 14.6. The van der Waals surface area contributed by atoms with Crippen LogP contribution in [0.3, 0.4) is 0 Å². The van der Waals surface area contributed by atoms with E-state index in [9.17, 15) is 23.1 Å². The van der Waals surface area contributed by atoms with Gasteiger partial charge in [0.05, 0.1) is 12.6 Å². The maximum Gasteiger partial charge on any atom is 0.573 e. The highest BCUT2D eigenvalue weighted by Gasteiger charge is 2.50. The molecule has 45 heavy (non-hydrogen) atoms. The molecule has 7 nitrogen and oxygen atoms in total. The molecular weight excluding hydrogens is 585 g/mol. The van der Waals surface area contributed by atoms with E-state index in [1.54, 1.807) is 37.4 Å². The molecule has 3 aromatic carbocycles. The first-order chi connectivity index (χ1) is 21.6. The number of rotatable bonds is 10. The number of nitrogens with zero attached hydrogens (tertiary/aromatic N) is 1. The maximum atomic E-state index is 14.2. The predicted octanol–water partition coefficient (Wildman–Crippen LogP) is 8.24. The van der Waals surface area contributed by atoms with Crippen LogP contribution in [-0.2, 0) is 6.42 Å². The molecule has 0 radical (unpaired) electrons. The number of benzene rings is 3. The molecule has 0 bridgehead atoms. The Bertz CT molecular complexity index is 2060. The van der Waals surface area contributed by atoms with Crippen molar-refractivity contribution in [3.63, 3.8) is 0 Å². The Balaban J connectivity index is 1.23. The number of aromatic nitrogens is 2. The highest BCUT2D eigenvalue weighted by Crippen LogP contribution is 2.56. The smallest absolute Gasteiger partial charge is 0.497 e. The number of ether oxygens (including phenoxy) is 2. The minimum Gasteiger partial charge on any atom is -0.497 e. The number of furan rings is 1. The number of H-pyrrole nitrogens is 1. The number of hydrogen-bond donors (Lipinski definition) is 2. The van der Waals surface area contributed by atoms with E-state index in [0.29, 0.717) is 51.1 Å². The fourth-order valence-electron chi connectivity index (χ4n) is 6.38. The van der Waals surface area contributed by atoms with Crippen LogP contribution in [0.5, 0.6) is 11.5 Å². The summed E-state index contributed by atoms with van der Waals surface area (Å²) in [6.07, 6.45) is -0.294. The van der Waals surface area contributed by atoms with Gasteiger partial charge < -0.3 is 24.0 Å². The number of carbonyl (C=O) groups excluding carboxylic acids is 1. The first kappa shape index (κ1) is 28.9. The number of hydrogen-bond acceptors (Lipinski definition) is 6. The number of Topliss-reactive ketones (excluding diaryl/α,β-unsaturated/α-hetero) is 1. The molecule has 1 unspecified atom stereocenters. The molecule has 3 aromatic heterocycles. The molecule has 0 saturated heterocycles. The Morgan fingerprint density at radius 1 is 1.04 bits per heavy atom. The van der Waals surface area contributed by atoms with Crippen LogP contribution in [-0.4, -0.2) is 40.9 Å². The van der Waals surface area contributed by atoms with Crippen molar-refractivity contribution in [1.29, 1.82) is 0 Å². The second kappa shape index (κ2) is 11.0. The van der Waals surface area contributed by atoms with Crippen molar-refractivity contribution in [3.8, 4) is 23.0 Å². The number of nitrogens with one attached hydrogen (secondary N) is 1. The van der Waals surface area contributed by atoms with Gasteiger partial charge in [-0.25, -0.2) is 4.98 Å². The second-order valence-electron chi connectivity index (χ2n) is 11.7. The SMILES string of the molecule is COc1ccc2nc(-c3cc4cc(OC(F)(F)F)ccc4o3)cc(C(=O)CC3(C(CO)Cc4c[nH]c5ccccc45)CC3)c2c1. The van der Waals surface area contributed by atoms with E-state index in [1.807, 2.05) is 24.4 Å². The van der Waals surface area contributed by atoms with Crippen LogP contribution in [0.25, 0.3) is 44.2 Å². The number of alkyl halides is 3. The molecule has 1 aliphatic carbocycles. The van der Waals surface area contributed by atoms with Gasteiger partial charge in [0.2, 0.25) is 0 Å². The summed E-state index contributed by atoms with van der Waals surface area (Å²) < 4.78 is 53.8. The summed E-state index contributed by atoms with van der Waals surface area (Å²) >= 11 is 0. The first-order valence-corrected chi connectivity index (χ1v) is 14.6. The van der Waals surface area contributed by atoms with E-state index < -0.39 is 6.36 Å². The highest BCUT2D eigenvalue weighted by atomic mass is 19.4. The van der Waals surface area contributed by atoms with Crippen molar-refractivity contribution in [2.45, 2.75) is 32.0 Å². The molecule has 230 valence electrons. The molecule has 0 spiro atoms. The van der Waals surface area contributed by atoms with Gasteiger partial charge in [0.25, 0.3) is 0 Å². The van der Waals surface area contributed by atoms with Crippen LogP contribution in [0, 0.1) is 11.3 Å². The van der Waals surface area contributed by atoms with Crippen LogP contribution >= 0.6 is 0 Å². The summed E-state index contributed by atoms with van der Waals surface area (Å²) in [5.41, 5.74) is 3.50. The average Bonchev–Trinajstić information content (AvgIpc) is 3.48. The summed E-state index contributed by atoms with van der Waals surface area (Å²) in [5, 5.41) is 12.6. The van der Waals surface area contributed by atoms with Gasteiger partial charge in [-0.3, -0.25) is 4.79 Å². The van der Waals surface area contributed by atoms with Gasteiger partial charge in [0, 0.05) is 46.5 Å². The van der Waals surface area contributed by atoms with Gasteiger partial charge in [-0.05, 0) is 90.8 Å². The summed E-state index contributed by atoms with van der Waals surface area (Å²) in [5.74, 6) is 0.308. The zero-order chi connectivity index (χ0) is 31.3. The predicted molar refractivity (Wildman–Crippen MR) is 163 cm³/mol. The van der Waals surface area contributed by atoms with Gasteiger partial charge in [-0.15, -0.1) is 13.2 Å². The lowest BCUT2D eigenvalue weighted by molar-refractivity contribution is -0.274. The lowest BCUT2D eigenvalue weighted by Crippen LogP contribution is -2.25. The van der Waals surface area contributed by atoms with Crippen molar-refractivity contribution >= 4 is 38.6 Å². The van der Waals surface area contributed by atoms with Crippen LogP contribution in [0.2, 0.25) is 0 Å². The zero-order valence-corrected chi connectivity index (χ0v) is 24.3. The molecule has 1 aliphatic rings. The monoisotopic (exact) mass is 614 g/mol. The molecule has 1 saturated carbocycles. The van der Waals surface area contributed by atoms with E-state index in [-0.39, 0.29) is 35.9 Å². The average molecular weight is 615 g/mol. The normalized spacial score (nSPS) is 15.0. The van der Waals surface area contributed by atoms with Crippen molar-refractivity contribution in [2.24, 2.45) is 11.3 Å². The number of pyridine rings is 1. The number of aromatic amines is 1. The van der Waals surface area contributed by atoms with Crippen LogP contribution in [0.15, 0.2) is 83.4 Å². The van der Waals surface area contributed by atoms with E-state index in [0.717, 1.165) is 29.3 Å². The third kappa shape index (κ3) is 5.62. The van der Waals surface area contributed by atoms with Gasteiger partial charge in [0.15, 0.2) is 11.5 Å². The standard InChI is InChI=1S/C35H29F3N2O5/c1-43-23-6-8-29-26(15-23)27(16-30(40-29)33-14-20-13-24(45-35(36,37)38)7-9-32(20)44-33)31(42)17-34(10-11-34)22(19-41)12-21-18-39-28-5-3-2-4-25(21)28/h2-9,13-16,18,22,39,41H,10-12,17,19H2,1H3. The van der Waals surface area contributed by atoms with Gasteiger partial charge in [0.1, 0.15) is 22.8 Å². The van der Waals surface area contributed by atoms with Crippen molar-refractivity contribution in [2.75, 3.05) is 13.7 Å². The van der Waals surface area contributed by atoms with Gasteiger partial charge >= 0.3 is 6.36 Å². The Morgan fingerprint density at radius 3 is 2.60 bits per heavy atom. The number of para-hydroxylation sites is 1. The van der Waals surface area contributed by atoms with Crippen molar-refractivity contribution in [3.05, 3.63) is 90.1 Å². The van der Waals surface area contributed by atoms with E-state index >= 15 is 0 Å². The lowest BCUT2D eigenvalue weighted by atomic mass is 9.80. The number of aliphatic hydroxyl groups is 1. The molecule has 0 amide bonds. The molecule has 10 heteroatoms. The largest absolute Gasteiger partial charge is 0.573 e. The molecule has 7 rings (SSSR count). The third-order valence-corrected chi connectivity index (χ3v) is 8.92. The third-order valence-electron chi connectivity index (χ3n) is 8.92. The molecule has 0 aliphatic heterocycles. The molecule has 2 N–H and O–H groups in total. The summed E-state index contributed by atoms with van der Waals surface area (Å²) in [7, 11) is 1.55. The van der Waals surface area contributed by atoms with Crippen LogP contribution in [0.1, 0.15) is 35.2 Å². The molecule has 1 atom stereocenters. The zero-order valence-electron chi connectivity index (χ0n) is 24.3. The number of methoxy groups -OCH3 is 1. The number of ketones is 1. The highest BCUT2D eigenvalue weighted by molar-refractivity contribution is 6.09. The van der Waals surface area contributed by atoms with Gasteiger partial charge in [-0.2, -0.15) is 0 Å². The van der Waals surface area contributed by atoms with E-state index in [4.69, 9.17) is 14.1 Å². The lowest BCUT2D eigenvalue weighted by Gasteiger charge is -2.25. The Morgan fingerprint density at radius 2 is 1.84 bits per heavy atom. The van der Waals surface area contributed by atoms with Crippen molar-refractivity contribution in [1.82, 2.24) is 9.97 Å². The Hall–Kier alpha value is -4.83. The summed E-state index contributed by atoms with van der Waals surface area (Å²) in [6, 6.07) is 20.4. The number of carbonyl (C=O) groups is 1. The Labute approximate surface area is 255 Å².